The van der Waals surface area contributed by atoms with Crippen molar-refractivity contribution in [2.75, 3.05) is 0 Å². The second-order valence-electron chi connectivity index (χ2n) is 4.35. The van der Waals surface area contributed by atoms with Crippen molar-refractivity contribution in [3.05, 3.63) is 6.54 Å². The zero-order valence-electron chi connectivity index (χ0n) is 9.82. The summed E-state index contributed by atoms with van der Waals surface area (Å²) in [7, 11) is 0. The normalized spacial score (nSPS) is 20.7. The molecule has 4 nitrogen and oxygen atoms in total. The van der Waals surface area contributed by atoms with Gasteiger partial charge in [-0.1, -0.05) is 6.42 Å². The smallest absolute Gasteiger partial charge is 0.450 e. The van der Waals surface area contributed by atoms with Crippen molar-refractivity contribution in [1.29, 1.82) is 0 Å². The molecule has 1 atom stereocenters. The van der Waals surface area contributed by atoms with Crippen molar-refractivity contribution in [3.8, 4) is 0 Å². The molecule has 1 heterocycles. The molecule has 80 valence electrons. The van der Waals surface area contributed by atoms with E-state index in [0.29, 0.717) is 6.42 Å². The van der Waals surface area contributed by atoms with Crippen LogP contribution in [0, 0.1) is 6.54 Å². The van der Waals surface area contributed by atoms with Crippen LogP contribution in [0.1, 0.15) is 33.6 Å². The molecule has 5 heteroatoms. The van der Waals surface area contributed by atoms with Crippen LogP contribution in [0.5, 0.6) is 0 Å². The van der Waals surface area contributed by atoms with Crippen molar-refractivity contribution >= 4 is 12.4 Å². The Balaban J connectivity index is 0.00000196. The summed E-state index contributed by atoms with van der Waals surface area (Å²) >= 11 is 0. The van der Waals surface area contributed by atoms with Crippen LogP contribution in [-0.2, 0) is 9.53 Å². The van der Waals surface area contributed by atoms with Gasteiger partial charge in [-0.25, -0.2) is 11.3 Å². The summed E-state index contributed by atoms with van der Waals surface area (Å²) < 4.78 is 5.15. The van der Waals surface area contributed by atoms with Crippen LogP contribution in [-0.4, -0.2) is 28.9 Å². The fourth-order valence-electron chi connectivity index (χ4n) is 1.32. The second-order valence-corrected chi connectivity index (χ2v) is 4.35. The number of carbonyl (C=O) groups is 2. The van der Waals surface area contributed by atoms with E-state index in [2.05, 4.69) is 0 Å². The Bertz CT molecular complexity index is 237. The first-order chi connectivity index (χ1) is 6.44. The molecule has 1 fully saturated rings. The molecule has 0 bridgehead atoms. The monoisotopic (exact) mass is 205 g/mol. The van der Waals surface area contributed by atoms with Crippen LogP contribution in [0.15, 0.2) is 0 Å². The van der Waals surface area contributed by atoms with Crippen molar-refractivity contribution in [2.24, 2.45) is 0 Å². The largest absolute Gasteiger partial charge is 1.00 e. The molecule has 0 aromatic rings. The molecule has 0 aromatic heterocycles. The van der Waals surface area contributed by atoms with E-state index in [9.17, 15) is 9.59 Å². The zero-order valence-corrected chi connectivity index (χ0v) is 9.82. The average Bonchev–Trinajstić information content (AvgIpc) is 2.47. The SMILES string of the molecule is CC(C)(C)OC(=O)N1[CH-]CCC1C=O.[Li+]. The summed E-state index contributed by atoms with van der Waals surface area (Å²) in [5.74, 6) is 0. The molecule has 1 aliphatic heterocycles. The Kier molecular flexibility index (Phi) is 5.40. The minimum absolute atomic E-state index is 0. The Hall–Kier alpha value is -0.463. The molecule has 0 N–H and O–H groups in total. The fourth-order valence-corrected chi connectivity index (χ4v) is 1.32. The van der Waals surface area contributed by atoms with Gasteiger partial charge in [0.25, 0.3) is 0 Å². The summed E-state index contributed by atoms with van der Waals surface area (Å²) in [5.41, 5.74) is -0.513. The molecule has 0 radical (unpaired) electrons. The second kappa shape index (κ2) is 5.57. The first-order valence-electron chi connectivity index (χ1n) is 4.74. The van der Waals surface area contributed by atoms with Gasteiger partial charge < -0.3 is 14.4 Å². The van der Waals surface area contributed by atoms with Gasteiger partial charge in [-0.15, -0.1) is 0 Å². The summed E-state index contributed by atoms with van der Waals surface area (Å²) in [6.07, 6.45) is 1.80. The van der Waals surface area contributed by atoms with Crippen molar-refractivity contribution in [2.45, 2.75) is 45.3 Å². The first kappa shape index (κ1) is 14.5. The molecule has 0 saturated carbocycles. The summed E-state index contributed by atoms with van der Waals surface area (Å²) in [6.45, 7) is 7.12. The van der Waals surface area contributed by atoms with Crippen molar-refractivity contribution < 1.29 is 33.2 Å². The van der Waals surface area contributed by atoms with Crippen LogP contribution in [0.3, 0.4) is 0 Å². The zero-order chi connectivity index (χ0) is 10.8. The number of rotatable bonds is 1. The van der Waals surface area contributed by atoms with E-state index in [4.69, 9.17) is 4.74 Å². The fraction of sp³-hybridized carbons (Fsp3) is 0.700. The third kappa shape index (κ3) is 4.27. The average molecular weight is 205 g/mol. The molecule has 1 saturated heterocycles. The van der Waals surface area contributed by atoms with Gasteiger partial charge in [0, 0.05) is 0 Å². The van der Waals surface area contributed by atoms with Crippen LogP contribution in [0.25, 0.3) is 0 Å². The standard InChI is InChI=1S/C10H16NO3.Li/c1-10(2,3)14-9(13)11-6-4-5-8(11)7-12;/h6-8H,4-5H2,1-3H3;/q-1;+1. The summed E-state index contributed by atoms with van der Waals surface area (Å²) in [5, 5.41) is 0. The first-order valence-corrected chi connectivity index (χ1v) is 4.74. The van der Waals surface area contributed by atoms with Gasteiger partial charge in [0.2, 0.25) is 0 Å². The number of ether oxygens (including phenoxy) is 1. The molecular weight excluding hydrogens is 189 g/mol. The number of nitrogens with zero attached hydrogens (tertiary/aromatic N) is 1. The Morgan fingerprint density at radius 2 is 2.13 bits per heavy atom. The topological polar surface area (TPSA) is 46.6 Å². The quantitative estimate of drug-likeness (QED) is 0.305. The molecule has 1 rings (SSSR count). The van der Waals surface area contributed by atoms with Crippen molar-refractivity contribution in [1.82, 2.24) is 4.90 Å². The van der Waals surface area contributed by atoms with Crippen molar-refractivity contribution in [3.63, 3.8) is 0 Å². The predicted molar refractivity (Wildman–Crippen MR) is 51.5 cm³/mol. The van der Waals surface area contributed by atoms with E-state index in [1.807, 2.05) is 0 Å². The minimum atomic E-state index is -0.513. The van der Waals surface area contributed by atoms with Crippen LogP contribution in [0.4, 0.5) is 4.79 Å². The maximum absolute atomic E-state index is 11.5. The van der Waals surface area contributed by atoms with E-state index in [0.717, 1.165) is 12.7 Å². The minimum Gasteiger partial charge on any atom is -0.450 e. The number of likely N-dealkylation sites (tertiary alicyclic amines) is 1. The van der Waals surface area contributed by atoms with Gasteiger partial charge in [0.1, 0.15) is 11.9 Å². The third-order valence-electron chi connectivity index (χ3n) is 1.91. The van der Waals surface area contributed by atoms with Crippen LogP contribution >= 0.6 is 0 Å². The summed E-state index contributed by atoms with van der Waals surface area (Å²) in [6, 6.07) is -0.343. The Morgan fingerprint density at radius 1 is 1.53 bits per heavy atom. The molecule has 1 aliphatic rings. The van der Waals surface area contributed by atoms with Gasteiger partial charge in [-0.05, 0) is 20.8 Å². The van der Waals surface area contributed by atoms with E-state index in [1.165, 1.54) is 4.90 Å². The van der Waals surface area contributed by atoms with Gasteiger partial charge in [0.05, 0.1) is 6.04 Å². The number of hydrogen-bond acceptors (Lipinski definition) is 3. The third-order valence-corrected chi connectivity index (χ3v) is 1.91. The number of hydrogen-bond donors (Lipinski definition) is 0. The summed E-state index contributed by atoms with van der Waals surface area (Å²) in [4.78, 5) is 23.5. The maximum atomic E-state index is 11.5. The van der Waals surface area contributed by atoms with E-state index in [1.54, 1.807) is 27.3 Å². The maximum Gasteiger partial charge on any atom is 1.00 e. The van der Waals surface area contributed by atoms with Gasteiger partial charge in [-0.2, -0.15) is 6.42 Å². The number of aldehydes is 1. The molecule has 1 amide bonds. The Labute approximate surface area is 103 Å². The Morgan fingerprint density at radius 3 is 2.60 bits per heavy atom. The van der Waals surface area contributed by atoms with Gasteiger partial charge in [-0.3, -0.25) is 0 Å². The van der Waals surface area contributed by atoms with Crippen LogP contribution < -0.4 is 18.9 Å². The molecule has 15 heavy (non-hydrogen) atoms. The number of amides is 1. The molecular formula is C10H16LiNO3. The molecule has 0 aromatic carbocycles. The van der Waals surface area contributed by atoms with Gasteiger partial charge >= 0.3 is 25.0 Å². The van der Waals surface area contributed by atoms with E-state index < -0.39 is 11.7 Å². The number of carbonyl (C=O) groups excluding carboxylic acids is 2. The predicted octanol–water partition coefficient (Wildman–Crippen LogP) is -1.25. The molecule has 0 spiro atoms. The van der Waals surface area contributed by atoms with E-state index >= 15 is 0 Å². The van der Waals surface area contributed by atoms with Crippen LogP contribution in [0.2, 0.25) is 0 Å². The molecule has 1 unspecified atom stereocenters. The van der Waals surface area contributed by atoms with E-state index in [-0.39, 0.29) is 24.9 Å². The van der Waals surface area contributed by atoms with Gasteiger partial charge in [0.15, 0.2) is 0 Å². The molecule has 0 aliphatic carbocycles.